The minimum Gasteiger partial charge on any atom is -0.335 e. The van der Waals surface area contributed by atoms with E-state index < -0.39 is 0 Å². The van der Waals surface area contributed by atoms with E-state index in [2.05, 4.69) is 59.4 Å². The average Bonchev–Trinajstić information content (AvgIpc) is 3.49. The summed E-state index contributed by atoms with van der Waals surface area (Å²) >= 11 is 1.84. The molecular formula is C31H37FN2OS. The predicted molar refractivity (Wildman–Crippen MR) is 146 cm³/mol. The zero-order chi connectivity index (χ0) is 25.1. The van der Waals surface area contributed by atoms with E-state index in [1.54, 1.807) is 12.1 Å². The van der Waals surface area contributed by atoms with Gasteiger partial charge in [0.25, 0.3) is 5.91 Å². The lowest BCUT2D eigenvalue weighted by molar-refractivity contribution is 0.0588. The van der Waals surface area contributed by atoms with E-state index in [9.17, 15) is 9.18 Å². The topological polar surface area (TPSA) is 23.6 Å². The second kappa shape index (κ2) is 11.3. The lowest BCUT2D eigenvalue weighted by Crippen LogP contribution is -2.45. The molecule has 0 bridgehead atoms. The fourth-order valence-corrected chi connectivity index (χ4v) is 7.15. The van der Waals surface area contributed by atoms with Crippen LogP contribution in [0, 0.1) is 25.6 Å². The quantitative estimate of drug-likeness (QED) is 0.340. The van der Waals surface area contributed by atoms with Gasteiger partial charge in [-0.25, -0.2) is 4.39 Å². The number of carbonyl (C=O) groups is 1. The first-order chi connectivity index (χ1) is 17.5. The molecule has 1 aromatic heterocycles. The van der Waals surface area contributed by atoms with Crippen molar-refractivity contribution in [3.63, 3.8) is 0 Å². The van der Waals surface area contributed by atoms with Gasteiger partial charge in [-0.2, -0.15) is 0 Å². The van der Waals surface area contributed by atoms with E-state index >= 15 is 0 Å². The van der Waals surface area contributed by atoms with Crippen LogP contribution in [0.15, 0.2) is 60.0 Å². The molecule has 0 N–H and O–H groups in total. The van der Waals surface area contributed by atoms with Crippen molar-refractivity contribution in [2.45, 2.75) is 64.5 Å². The third-order valence-corrected chi connectivity index (χ3v) is 9.25. The highest BCUT2D eigenvalue weighted by Crippen LogP contribution is 2.38. The van der Waals surface area contributed by atoms with E-state index in [1.807, 2.05) is 11.3 Å². The Kier molecular flexibility index (Phi) is 7.87. The predicted octanol–water partition coefficient (Wildman–Crippen LogP) is 7.19. The van der Waals surface area contributed by atoms with Gasteiger partial charge < -0.3 is 4.90 Å². The van der Waals surface area contributed by atoms with E-state index in [-0.39, 0.29) is 17.8 Å². The highest BCUT2D eigenvalue weighted by Gasteiger charge is 2.38. The van der Waals surface area contributed by atoms with Gasteiger partial charge >= 0.3 is 0 Å². The van der Waals surface area contributed by atoms with Crippen molar-refractivity contribution < 1.29 is 9.18 Å². The van der Waals surface area contributed by atoms with Crippen LogP contribution in [0.3, 0.4) is 0 Å². The Morgan fingerprint density at radius 1 is 0.972 bits per heavy atom. The molecule has 1 saturated carbocycles. The van der Waals surface area contributed by atoms with Crippen LogP contribution in [0.1, 0.15) is 69.9 Å². The minimum atomic E-state index is -0.300. The van der Waals surface area contributed by atoms with Crippen LogP contribution in [-0.4, -0.2) is 41.4 Å². The molecule has 1 aliphatic heterocycles. The molecule has 0 spiro atoms. The Bertz CT molecular complexity index is 1170. The average molecular weight is 505 g/mol. The first-order valence-corrected chi connectivity index (χ1v) is 14.2. The molecule has 2 fully saturated rings. The SMILES string of the molecule is Cc1ccccc1C1CN(Cc2sccc2C)CC1CN(C(=O)c1ccc(F)cc1)C1CCCCC1. The number of hydrogen-bond donors (Lipinski definition) is 0. The first kappa shape index (κ1) is 25.2. The lowest BCUT2D eigenvalue weighted by Gasteiger charge is -2.37. The van der Waals surface area contributed by atoms with Crippen LogP contribution in [0.25, 0.3) is 0 Å². The van der Waals surface area contributed by atoms with E-state index in [0.29, 0.717) is 17.4 Å². The van der Waals surface area contributed by atoms with Crippen LogP contribution < -0.4 is 0 Å². The zero-order valence-electron chi connectivity index (χ0n) is 21.5. The summed E-state index contributed by atoms with van der Waals surface area (Å²) in [7, 11) is 0. The fourth-order valence-electron chi connectivity index (χ4n) is 6.20. The second-order valence-corrected chi connectivity index (χ2v) is 11.7. The van der Waals surface area contributed by atoms with Crippen molar-refractivity contribution in [3.05, 3.63) is 92.9 Å². The summed E-state index contributed by atoms with van der Waals surface area (Å²) in [5, 5.41) is 2.18. The molecule has 1 amide bonds. The summed E-state index contributed by atoms with van der Waals surface area (Å²) in [4.78, 5) is 20.0. The third kappa shape index (κ3) is 5.57. The highest BCUT2D eigenvalue weighted by atomic mass is 32.1. The molecule has 5 rings (SSSR count). The molecule has 5 heteroatoms. The Morgan fingerprint density at radius 3 is 2.42 bits per heavy atom. The molecule has 2 atom stereocenters. The van der Waals surface area contributed by atoms with Gasteiger partial charge in [0.05, 0.1) is 0 Å². The Hall–Kier alpha value is -2.50. The molecule has 3 aromatic rings. The third-order valence-electron chi connectivity index (χ3n) is 8.24. The number of rotatable bonds is 7. The molecule has 0 radical (unpaired) electrons. The van der Waals surface area contributed by atoms with E-state index in [4.69, 9.17) is 0 Å². The van der Waals surface area contributed by atoms with Crippen molar-refractivity contribution in [1.29, 1.82) is 0 Å². The van der Waals surface area contributed by atoms with Gasteiger partial charge in [0.2, 0.25) is 0 Å². The zero-order valence-corrected chi connectivity index (χ0v) is 22.3. The monoisotopic (exact) mass is 504 g/mol. The molecule has 2 aliphatic rings. The lowest BCUT2D eigenvalue weighted by atomic mass is 9.85. The Labute approximate surface area is 218 Å². The number of hydrogen-bond acceptors (Lipinski definition) is 3. The molecule has 1 saturated heterocycles. The van der Waals surface area contributed by atoms with Gasteiger partial charge in [0, 0.05) is 48.6 Å². The summed E-state index contributed by atoms with van der Waals surface area (Å²) in [6.07, 6.45) is 5.72. The van der Waals surface area contributed by atoms with Crippen LogP contribution in [0.5, 0.6) is 0 Å². The molecule has 36 heavy (non-hydrogen) atoms. The summed E-state index contributed by atoms with van der Waals surface area (Å²) in [6, 6.07) is 17.3. The van der Waals surface area contributed by atoms with Gasteiger partial charge in [-0.1, -0.05) is 43.5 Å². The molecule has 3 nitrogen and oxygen atoms in total. The maximum atomic E-state index is 13.8. The molecular weight excluding hydrogens is 467 g/mol. The maximum absolute atomic E-state index is 13.8. The largest absolute Gasteiger partial charge is 0.335 e. The summed E-state index contributed by atoms with van der Waals surface area (Å²) in [5.74, 6) is 0.500. The van der Waals surface area contributed by atoms with Crippen LogP contribution >= 0.6 is 11.3 Å². The summed E-state index contributed by atoms with van der Waals surface area (Å²) in [6.45, 7) is 8.12. The second-order valence-electron chi connectivity index (χ2n) is 10.7. The number of nitrogens with zero attached hydrogens (tertiary/aromatic N) is 2. The normalized spacial score (nSPS) is 21.1. The number of halogens is 1. The van der Waals surface area contributed by atoms with E-state index in [0.717, 1.165) is 39.0 Å². The molecule has 1 aliphatic carbocycles. The van der Waals surface area contributed by atoms with Crippen molar-refractivity contribution in [2.75, 3.05) is 19.6 Å². The fraction of sp³-hybridized carbons (Fsp3) is 0.452. The van der Waals surface area contributed by atoms with Crippen LogP contribution in [0.4, 0.5) is 4.39 Å². The van der Waals surface area contributed by atoms with Gasteiger partial charge in [-0.05, 0) is 85.0 Å². The molecule has 2 unspecified atom stereocenters. The standard InChI is InChI=1S/C31H37FN2OS/c1-22-8-6-7-11-28(22)29-20-33(21-30-23(2)16-17-36-30)18-25(29)19-34(27-9-4-3-5-10-27)31(35)24-12-14-26(32)15-13-24/h6-8,11-17,25,27,29H,3-5,9-10,18-21H2,1-2H3. The Balaban J connectivity index is 1.43. The molecule has 2 heterocycles. The smallest absolute Gasteiger partial charge is 0.254 e. The molecule has 190 valence electrons. The number of carbonyl (C=O) groups excluding carboxylic acids is 1. The van der Waals surface area contributed by atoms with Crippen LogP contribution in [0.2, 0.25) is 0 Å². The van der Waals surface area contributed by atoms with Crippen LogP contribution in [-0.2, 0) is 6.54 Å². The van der Waals surface area contributed by atoms with Gasteiger partial charge in [-0.3, -0.25) is 9.69 Å². The Morgan fingerprint density at radius 2 is 1.72 bits per heavy atom. The number of aryl methyl sites for hydroxylation is 2. The van der Waals surface area contributed by atoms with Crippen molar-refractivity contribution in [3.8, 4) is 0 Å². The van der Waals surface area contributed by atoms with Crippen molar-refractivity contribution in [1.82, 2.24) is 9.80 Å². The maximum Gasteiger partial charge on any atom is 0.254 e. The van der Waals surface area contributed by atoms with Gasteiger partial charge in [0.1, 0.15) is 5.82 Å². The van der Waals surface area contributed by atoms with Crippen molar-refractivity contribution in [2.24, 2.45) is 5.92 Å². The van der Waals surface area contributed by atoms with Gasteiger partial charge in [0.15, 0.2) is 0 Å². The van der Waals surface area contributed by atoms with E-state index in [1.165, 1.54) is 53.0 Å². The highest BCUT2D eigenvalue weighted by molar-refractivity contribution is 7.10. The number of amides is 1. The summed E-state index contributed by atoms with van der Waals surface area (Å²) in [5.41, 5.74) is 4.70. The molecule has 2 aromatic carbocycles. The minimum absolute atomic E-state index is 0.0537. The van der Waals surface area contributed by atoms with Gasteiger partial charge in [-0.15, -0.1) is 11.3 Å². The number of likely N-dealkylation sites (tertiary alicyclic amines) is 1. The number of benzene rings is 2. The number of thiophene rings is 1. The first-order valence-electron chi connectivity index (χ1n) is 13.4. The van der Waals surface area contributed by atoms with Crippen molar-refractivity contribution >= 4 is 17.2 Å². The summed E-state index contributed by atoms with van der Waals surface area (Å²) < 4.78 is 13.6.